The fourth-order valence-electron chi connectivity index (χ4n) is 1.52. The first-order chi connectivity index (χ1) is 6.20. The van der Waals surface area contributed by atoms with Crippen LogP contribution in [-0.4, -0.2) is 16.3 Å². The molecule has 1 N–H and O–H groups in total. The van der Waals surface area contributed by atoms with Gasteiger partial charge in [-0.2, -0.15) is 0 Å². The predicted octanol–water partition coefficient (Wildman–Crippen LogP) is 1.05. The summed E-state index contributed by atoms with van der Waals surface area (Å²) in [6, 6.07) is 0.542. The van der Waals surface area contributed by atoms with E-state index in [1.165, 1.54) is 5.82 Å². The van der Waals surface area contributed by atoms with Crippen molar-refractivity contribution in [2.45, 2.75) is 39.8 Å². The van der Waals surface area contributed by atoms with Crippen LogP contribution in [0.4, 0.5) is 0 Å². The summed E-state index contributed by atoms with van der Waals surface area (Å²) in [6.07, 6.45) is 5.24. The zero-order valence-electron chi connectivity index (χ0n) is 8.70. The summed E-state index contributed by atoms with van der Waals surface area (Å²) in [5.74, 6) is 1.21. The zero-order chi connectivity index (χ0) is 9.84. The molecule has 0 bridgehead atoms. The number of hydrogen-bond donors (Lipinski definition) is 1. The third kappa shape index (κ3) is 2.10. The standard InChI is InChI=1S/C10H19N2O/c1-4-9(2)12-6-5-11(7-8-13)10(12)3/h5-6,9,13H,4,7-8H2,1-3H3/q+1. The molecule has 0 saturated carbocycles. The molecule has 74 valence electrons. The van der Waals surface area contributed by atoms with E-state index in [-0.39, 0.29) is 6.61 Å². The molecule has 3 nitrogen and oxygen atoms in total. The van der Waals surface area contributed by atoms with Crippen molar-refractivity contribution in [3.05, 3.63) is 18.2 Å². The fraction of sp³-hybridized carbons (Fsp3) is 0.700. The van der Waals surface area contributed by atoms with Crippen LogP contribution in [0, 0.1) is 6.92 Å². The minimum absolute atomic E-state index is 0.204. The molecule has 1 unspecified atom stereocenters. The predicted molar refractivity (Wildman–Crippen MR) is 51.5 cm³/mol. The fourth-order valence-corrected chi connectivity index (χ4v) is 1.52. The average Bonchev–Trinajstić information content (AvgIpc) is 2.48. The first kappa shape index (κ1) is 10.3. The van der Waals surface area contributed by atoms with Crippen molar-refractivity contribution in [2.75, 3.05) is 6.61 Å². The van der Waals surface area contributed by atoms with Crippen LogP contribution in [0.2, 0.25) is 0 Å². The van der Waals surface area contributed by atoms with Gasteiger partial charge in [-0.3, -0.25) is 0 Å². The molecule has 0 saturated heterocycles. The highest BCUT2D eigenvalue weighted by Gasteiger charge is 2.15. The van der Waals surface area contributed by atoms with Crippen LogP contribution in [-0.2, 0) is 6.54 Å². The molecule has 0 aliphatic rings. The van der Waals surface area contributed by atoms with Crippen LogP contribution in [0.3, 0.4) is 0 Å². The molecule has 1 heterocycles. The van der Waals surface area contributed by atoms with Gasteiger partial charge in [0.1, 0.15) is 18.9 Å². The van der Waals surface area contributed by atoms with Crippen molar-refractivity contribution in [1.82, 2.24) is 4.57 Å². The van der Waals surface area contributed by atoms with Crippen LogP contribution in [0.1, 0.15) is 32.1 Å². The Bertz CT molecular complexity index is 268. The number of aromatic nitrogens is 2. The molecule has 1 aromatic rings. The molecular weight excluding hydrogens is 164 g/mol. The highest BCUT2D eigenvalue weighted by atomic mass is 16.3. The van der Waals surface area contributed by atoms with Gasteiger partial charge >= 0.3 is 0 Å². The summed E-state index contributed by atoms with van der Waals surface area (Å²) in [5, 5.41) is 8.82. The molecule has 3 heteroatoms. The molecule has 1 atom stereocenters. The number of rotatable bonds is 4. The van der Waals surface area contributed by atoms with Gasteiger partial charge in [0.25, 0.3) is 5.82 Å². The minimum atomic E-state index is 0.204. The lowest BCUT2D eigenvalue weighted by Crippen LogP contribution is -2.37. The zero-order valence-corrected chi connectivity index (χ0v) is 8.70. The second-order valence-corrected chi connectivity index (χ2v) is 3.43. The quantitative estimate of drug-likeness (QED) is 0.694. The summed E-state index contributed by atoms with van der Waals surface area (Å²) < 4.78 is 4.32. The number of imidazole rings is 1. The van der Waals surface area contributed by atoms with Gasteiger partial charge in [-0.25, -0.2) is 9.13 Å². The van der Waals surface area contributed by atoms with E-state index in [9.17, 15) is 0 Å². The lowest BCUT2D eigenvalue weighted by Gasteiger charge is -2.06. The largest absolute Gasteiger partial charge is 0.392 e. The van der Waals surface area contributed by atoms with Crippen LogP contribution < -0.4 is 4.57 Å². The second kappa shape index (κ2) is 4.42. The van der Waals surface area contributed by atoms with Crippen LogP contribution in [0.5, 0.6) is 0 Å². The summed E-state index contributed by atoms with van der Waals surface area (Å²) in [5.41, 5.74) is 0. The smallest absolute Gasteiger partial charge is 0.253 e. The van der Waals surface area contributed by atoms with E-state index in [1.807, 2.05) is 6.20 Å². The highest BCUT2D eigenvalue weighted by Crippen LogP contribution is 2.10. The molecule has 0 spiro atoms. The third-order valence-corrected chi connectivity index (χ3v) is 2.60. The maximum absolute atomic E-state index is 8.82. The van der Waals surface area contributed by atoms with E-state index in [0.717, 1.165) is 6.42 Å². The normalized spacial score (nSPS) is 13.2. The Kier molecular flexibility index (Phi) is 3.48. The van der Waals surface area contributed by atoms with Crippen LogP contribution in [0.15, 0.2) is 12.4 Å². The molecule has 0 amide bonds. The van der Waals surface area contributed by atoms with Gasteiger partial charge in [0.2, 0.25) is 0 Å². The highest BCUT2D eigenvalue weighted by molar-refractivity contribution is 4.83. The van der Waals surface area contributed by atoms with Crippen molar-refractivity contribution in [2.24, 2.45) is 0 Å². The van der Waals surface area contributed by atoms with Gasteiger partial charge in [0.15, 0.2) is 0 Å². The van der Waals surface area contributed by atoms with E-state index in [0.29, 0.717) is 12.6 Å². The molecule has 0 aliphatic carbocycles. The van der Waals surface area contributed by atoms with Gasteiger partial charge in [0, 0.05) is 6.92 Å². The molecular formula is C10H19N2O+. The van der Waals surface area contributed by atoms with Crippen molar-refractivity contribution >= 4 is 0 Å². The van der Waals surface area contributed by atoms with E-state index in [4.69, 9.17) is 5.11 Å². The Balaban J connectivity index is 2.85. The molecule has 0 aliphatic heterocycles. The monoisotopic (exact) mass is 183 g/mol. The van der Waals surface area contributed by atoms with E-state index < -0.39 is 0 Å². The maximum Gasteiger partial charge on any atom is 0.253 e. The third-order valence-electron chi connectivity index (χ3n) is 2.60. The lowest BCUT2D eigenvalue weighted by molar-refractivity contribution is -0.703. The van der Waals surface area contributed by atoms with Gasteiger partial charge < -0.3 is 5.11 Å². The van der Waals surface area contributed by atoms with E-state index in [1.54, 1.807) is 0 Å². The maximum atomic E-state index is 8.82. The summed E-state index contributed by atoms with van der Waals surface area (Å²) in [6.45, 7) is 7.36. The Hall–Kier alpha value is -0.830. The van der Waals surface area contributed by atoms with Gasteiger partial charge in [-0.1, -0.05) is 6.92 Å². The Morgan fingerprint density at radius 2 is 2.31 bits per heavy atom. The number of aliphatic hydroxyl groups excluding tert-OH is 1. The number of hydrogen-bond acceptors (Lipinski definition) is 1. The molecule has 0 aromatic carbocycles. The van der Waals surface area contributed by atoms with Crippen molar-refractivity contribution < 1.29 is 9.67 Å². The van der Waals surface area contributed by atoms with Crippen molar-refractivity contribution in [1.29, 1.82) is 0 Å². The lowest BCUT2D eigenvalue weighted by atomic mass is 10.2. The number of nitrogens with zero attached hydrogens (tertiary/aromatic N) is 2. The summed E-state index contributed by atoms with van der Waals surface area (Å²) in [4.78, 5) is 0. The first-order valence-corrected chi connectivity index (χ1v) is 4.88. The summed E-state index contributed by atoms with van der Waals surface area (Å²) in [7, 11) is 0. The van der Waals surface area contributed by atoms with E-state index >= 15 is 0 Å². The van der Waals surface area contributed by atoms with Crippen molar-refractivity contribution in [3.63, 3.8) is 0 Å². The minimum Gasteiger partial charge on any atom is -0.392 e. The number of aliphatic hydroxyl groups is 1. The first-order valence-electron chi connectivity index (χ1n) is 4.88. The van der Waals surface area contributed by atoms with Gasteiger partial charge in [0.05, 0.1) is 12.6 Å². The topological polar surface area (TPSA) is 29.0 Å². The Morgan fingerprint density at radius 3 is 2.85 bits per heavy atom. The molecule has 1 aromatic heterocycles. The Labute approximate surface area is 79.6 Å². The van der Waals surface area contributed by atoms with Crippen LogP contribution >= 0.6 is 0 Å². The molecule has 1 rings (SSSR count). The second-order valence-electron chi connectivity index (χ2n) is 3.43. The SMILES string of the molecule is CCC(C)n1cc[n+](CCO)c1C. The van der Waals surface area contributed by atoms with Gasteiger partial charge in [-0.15, -0.1) is 0 Å². The molecule has 13 heavy (non-hydrogen) atoms. The molecule has 0 fully saturated rings. The average molecular weight is 183 g/mol. The summed E-state index contributed by atoms with van der Waals surface area (Å²) >= 11 is 0. The molecule has 0 radical (unpaired) electrons. The van der Waals surface area contributed by atoms with Crippen LogP contribution in [0.25, 0.3) is 0 Å². The van der Waals surface area contributed by atoms with Crippen molar-refractivity contribution in [3.8, 4) is 0 Å². The Morgan fingerprint density at radius 1 is 1.62 bits per heavy atom. The van der Waals surface area contributed by atoms with Gasteiger partial charge in [-0.05, 0) is 13.3 Å². The van der Waals surface area contributed by atoms with E-state index in [2.05, 4.69) is 36.1 Å².